The number of fused-ring (bicyclic) bond motifs is 3. The van der Waals surface area contributed by atoms with Crippen molar-refractivity contribution in [1.29, 1.82) is 0 Å². The zero-order valence-electron chi connectivity index (χ0n) is 10.7. The highest BCUT2D eigenvalue weighted by atomic mass is 19.1. The van der Waals surface area contributed by atoms with Crippen LogP contribution in [0, 0.1) is 5.82 Å². The number of benzene rings is 1. The monoisotopic (exact) mass is 250 g/mol. The van der Waals surface area contributed by atoms with Gasteiger partial charge in [-0.1, -0.05) is 0 Å². The number of methoxy groups -OCH3 is 1. The molecule has 4 rings (SSSR count). The Kier molecular flexibility index (Phi) is 2.63. The van der Waals surface area contributed by atoms with Gasteiger partial charge in [0.25, 0.3) is 0 Å². The molecule has 0 spiro atoms. The van der Waals surface area contributed by atoms with E-state index >= 15 is 0 Å². The van der Waals surface area contributed by atoms with Crippen molar-refractivity contribution in [1.82, 2.24) is 0 Å². The van der Waals surface area contributed by atoms with E-state index in [1.165, 1.54) is 6.07 Å². The van der Waals surface area contributed by atoms with E-state index in [1.807, 2.05) is 0 Å². The summed E-state index contributed by atoms with van der Waals surface area (Å²) in [6, 6.07) is 4.78. The molecule has 0 amide bonds. The first-order chi connectivity index (χ1) is 8.57. The SMILES string of the molecule is COc1ccc(F)cc1C12CCC(O)(CC1)CC2. The third kappa shape index (κ3) is 1.72. The quantitative estimate of drug-likeness (QED) is 0.873. The van der Waals surface area contributed by atoms with Crippen LogP contribution in [0.1, 0.15) is 44.1 Å². The van der Waals surface area contributed by atoms with Gasteiger partial charge in [-0.05, 0) is 62.1 Å². The van der Waals surface area contributed by atoms with Gasteiger partial charge in [-0.25, -0.2) is 4.39 Å². The second-order valence-electron chi connectivity index (χ2n) is 5.85. The maximum atomic E-state index is 13.5. The molecule has 0 saturated heterocycles. The van der Waals surface area contributed by atoms with Crippen molar-refractivity contribution in [3.05, 3.63) is 29.6 Å². The lowest BCUT2D eigenvalue weighted by Gasteiger charge is -2.51. The lowest BCUT2D eigenvalue weighted by atomic mass is 9.56. The van der Waals surface area contributed by atoms with Gasteiger partial charge in [0.05, 0.1) is 12.7 Å². The van der Waals surface area contributed by atoms with Crippen molar-refractivity contribution in [2.75, 3.05) is 7.11 Å². The number of halogens is 1. The van der Waals surface area contributed by atoms with Crippen LogP contribution >= 0.6 is 0 Å². The van der Waals surface area contributed by atoms with Crippen LogP contribution in [0.4, 0.5) is 4.39 Å². The van der Waals surface area contributed by atoms with Gasteiger partial charge in [-0.3, -0.25) is 0 Å². The third-order valence-electron chi connectivity index (χ3n) is 4.94. The summed E-state index contributed by atoms with van der Waals surface area (Å²) in [5.74, 6) is 0.579. The molecule has 3 aliphatic carbocycles. The molecule has 18 heavy (non-hydrogen) atoms. The highest BCUT2D eigenvalue weighted by molar-refractivity contribution is 5.41. The zero-order chi connectivity index (χ0) is 12.8. The molecule has 0 radical (unpaired) electrons. The van der Waals surface area contributed by atoms with Gasteiger partial charge in [0, 0.05) is 5.56 Å². The second kappa shape index (κ2) is 3.95. The Morgan fingerprint density at radius 3 is 2.28 bits per heavy atom. The van der Waals surface area contributed by atoms with Crippen LogP contribution in [0.2, 0.25) is 0 Å². The molecular formula is C15H19FO2. The van der Waals surface area contributed by atoms with Gasteiger partial charge in [0.15, 0.2) is 0 Å². The van der Waals surface area contributed by atoms with Crippen LogP contribution in [0.3, 0.4) is 0 Å². The van der Waals surface area contributed by atoms with Crippen LogP contribution in [-0.2, 0) is 5.41 Å². The van der Waals surface area contributed by atoms with Crippen molar-refractivity contribution in [3.63, 3.8) is 0 Å². The molecule has 98 valence electrons. The van der Waals surface area contributed by atoms with Crippen molar-refractivity contribution >= 4 is 0 Å². The fraction of sp³-hybridized carbons (Fsp3) is 0.600. The summed E-state index contributed by atoms with van der Waals surface area (Å²) < 4.78 is 18.9. The highest BCUT2D eigenvalue weighted by Crippen LogP contribution is 2.55. The van der Waals surface area contributed by atoms with Gasteiger partial charge >= 0.3 is 0 Å². The van der Waals surface area contributed by atoms with E-state index in [2.05, 4.69) is 0 Å². The van der Waals surface area contributed by atoms with Crippen LogP contribution in [-0.4, -0.2) is 17.8 Å². The normalized spacial score (nSPS) is 34.6. The van der Waals surface area contributed by atoms with E-state index < -0.39 is 5.60 Å². The highest BCUT2D eigenvalue weighted by Gasteiger charge is 2.49. The predicted molar refractivity (Wildman–Crippen MR) is 67.3 cm³/mol. The summed E-state index contributed by atoms with van der Waals surface area (Å²) in [4.78, 5) is 0. The van der Waals surface area contributed by atoms with Gasteiger partial charge in [-0.2, -0.15) is 0 Å². The molecule has 1 N–H and O–H groups in total. The summed E-state index contributed by atoms with van der Waals surface area (Å²) in [6.45, 7) is 0. The Hall–Kier alpha value is -1.09. The Bertz CT molecular complexity index is 445. The molecule has 2 nitrogen and oxygen atoms in total. The van der Waals surface area contributed by atoms with Gasteiger partial charge in [-0.15, -0.1) is 0 Å². The molecule has 0 unspecified atom stereocenters. The minimum atomic E-state index is -0.456. The van der Waals surface area contributed by atoms with Crippen molar-refractivity contribution in [2.45, 2.75) is 49.5 Å². The summed E-state index contributed by atoms with van der Waals surface area (Å²) in [6.07, 6.45) is 5.28. The number of hydrogen-bond donors (Lipinski definition) is 1. The van der Waals surface area contributed by atoms with Crippen LogP contribution in [0.25, 0.3) is 0 Å². The molecule has 3 saturated carbocycles. The topological polar surface area (TPSA) is 29.5 Å². The minimum absolute atomic E-state index is 0.0118. The number of ether oxygens (including phenoxy) is 1. The molecule has 2 bridgehead atoms. The molecule has 0 aromatic heterocycles. The largest absolute Gasteiger partial charge is 0.496 e. The van der Waals surface area contributed by atoms with E-state index in [4.69, 9.17) is 4.74 Å². The third-order valence-corrected chi connectivity index (χ3v) is 4.94. The molecule has 0 atom stereocenters. The van der Waals surface area contributed by atoms with E-state index in [1.54, 1.807) is 19.2 Å². The van der Waals surface area contributed by atoms with Gasteiger partial charge < -0.3 is 9.84 Å². The van der Waals surface area contributed by atoms with Gasteiger partial charge in [0.1, 0.15) is 11.6 Å². The average Bonchev–Trinajstić information content (AvgIpc) is 2.40. The van der Waals surface area contributed by atoms with Crippen molar-refractivity contribution in [3.8, 4) is 5.75 Å². The van der Waals surface area contributed by atoms with Crippen molar-refractivity contribution in [2.24, 2.45) is 0 Å². The lowest BCUT2D eigenvalue weighted by molar-refractivity contribution is -0.0665. The molecule has 3 aliphatic rings. The first-order valence-corrected chi connectivity index (χ1v) is 6.63. The van der Waals surface area contributed by atoms with E-state index in [0.717, 1.165) is 49.8 Å². The molecule has 3 heteroatoms. The summed E-state index contributed by atoms with van der Waals surface area (Å²) in [5.41, 5.74) is 0.548. The minimum Gasteiger partial charge on any atom is -0.496 e. The summed E-state index contributed by atoms with van der Waals surface area (Å²) >= 11 is 0. The second-order valence-corrected chi connectivity index (χ2v) is 5.85. The summed E-state index contributed by atoms with van der Waals surface area (Å²) in [5, 5.41) is 10.3. The van der Waals surface area contributed by atoms with Crippen LogP contribution in [0.5, 0.6) is 5.75 Å². The molecule has 3 fully saturated rings. The first-order valence-electron chi connectivity index (χ1n) is 6.63. The van der Waals surface area contributed by atoms with E-state index in [-0.39, 0.29) is 11.2 Å². The molecule has 0 heterocycles. The van der Waals surface area contributed by atoms with Gasteiger partial charge in [0.2, 0.25) is 0 Å². The maximum absolute atomic E-state index is 13.5. The summed E-state index contributed by atoms with van der Waals surface area (Å²) in [7, 11) is 1.63. The zero-order valence-corrected chi connectivity index (χ0v) is 10.7. The Morgan fingerprint density at radius 1 is 1.11 bits per heavy atom. The Balaban J connectivity index is 2.02. The Labute approximate surface area is 107 Å². The number of hydrogen-bond acceptors (Lipinski definition) is 2. The standard InChI is InChI=1S/C15H19FO2/c1-18-13-3-2-11(16)10-12(13)14-4-7-15(17,8-5-14)9-6-14/h2-3,10,17H,4-9H2,1H3. The maximum Gasteiger partial charge on any atom is 0.123 e. The molecular weight excluding hydrogens is 231 g/mol. The smallest absolute Gasteiger partial charge is 0.123 e. The fourth-order valence-electron chi connectivity index (χ4n) is 3.66. The van der Waals surface area contributed by atoms with Crippen molar-refractivity contribution < 1.29 is 14.2 Å². The molecule has 0 aliphatic heterocycles. The fourth-order valence-corrected chi connectivity index (χ4v) is 3.66. The average molecular weight is 250 g/mol. The lowest BCUT2D eigenvalue weighted by Crippen LogP contribution is -2.48. The van der Waals surface area contributed by atoms with E-state index in [9.17, 15) is 9.50 Å². The predicted octanol–water partition coefficient (Wildman–Crippen LogP) is 3.17. The molecule has 1 aromatic carbocycles. The first kappa shape index (κ1) is 12.0. The number of aliphatic hydroxyl groups is 1. The molecule has 1 aromatic rings. The van der Waals surface area contributed by atoms with Crippen LogP contribution in [0.15, 0.2) is 18.2 Å². The Morgan fingerprint density at radius 2 is 1.72 bits per heavy atom. The van der Waals surface area contributed by atoms with E-state index in [0.29, 0.717) is 0 Å². The number of rotatable bonds is 2. The van der Waals surface area contributed by atoms with Crippen LogP contribution < -0.4 is 4.74 Å².